The second kappa shape index (κ2) is 8.08. The minimum absolute atomic E-state index is 0.0519. The molecule has 8 heteroatoms. The summed E-state index contributed by atoms with van der Waals surface area (Å²) < 4.78 is 25.6. The fraction of sp³-hybridized carbons (Fsp3) is 0.238. The monoisotopic (exact) mass is 413 g/mol. The van der Waals surface area contributed by atoms with Crippen molar-refractivity contribution in [3.8, 4) is 11.5 Å². The van der Waals surface area contributed by atoms with E-state index in [1.165, 1.54) is 17.4 Å². The number of nitrogens with one attached hydrogen (secondary N) is 2. The molecular weight excluding hydrogens is 393 g/mol. The van der Waals surface area contributed by atoms with Gasteiger partial charge in [-0.05, 0) is 12.1 Å². The van der Waals surface area contributed by atoms with Gasteiger partial charge in [0.25, 0.3) is 0 Å². The van der Waals surface area contributed by atoms with E-state index in [0.29, 0.717) is 22.9 Å². The predicted octanol–water partition coefficient (Wildman–Crippen LogP) is 4.39. The number of carbonyl (C=O) groups excluding carboxylic acids is 1. The van der Waals surface area contributed by atoms with Crippen LogP contribution in [0.2, 0.25) is 0 Å². The van der Waals surface area contributed by atoms with Gasteiger partial charge in [-0.1, -0.05) is 41.7 Å². The lowest BCUT2D eigenvalue weighted by Gasteiger charge is -2.24. The Balaban J connectivity index is 1.74. The van der Waals surface area contributed by atoms with Gasteiger partial charge in [0, 0.05) is 30.5 Å². The number of fused-ring (bicyclic) bond motifs is 1. The molecule has 1 aliphatic rings. The Morgan fingerprint density at radius 2 is 2.10 bits per heavy atom. The summed E-state index contributed by atoms with van der Waals surface area (Å²) in [6, 6.07) is 12.0. The van der Waals surface area contributed by atoms with E-state index in [1.54, 1.807) is 38.4 Å². The first kappa shape index (κ1) is 19.2. The number of hydrogen-bond donors (Lipinski definition) is 2. The molecule has 2 aromatic carbocycles. The van der Waals surface area contributed by atoms with Crippen LogP contribution in [0.3, 0.4) is 0 Å². The molecule has 1 aliphatic heterocycles. The third-order valence-electron chi connectivity index (χ3n) is 4.77. The molecule has 1 aromatic heterocycles. The summed E-state index contributed by atoms with van der Waals surface area (Å²) in [7, 11) is 3.34. The van der Waals surface area contributed by atoms with Crippen molar-refractivity contribution >= 4 is 28.2 Å². The first-order valence-corrected chi connectivity index (χ1v) is 9.93. The third-order valence-corrected chi connectivity index (χ3v) is 5.95. The van der Waals surface area contributed by atoms with Crippen molar-refractivity contribution in [2.45, 2.75) is 18.9 Å². The van der Waals surface area contributed by atoms with E-state index in [4.69, 9.17) is 9.47 Å². The lowest BCUT2D eigenvalue weighted by atomic mass is 9.90. The first-order chi connectivity index (χ1) is 14.1. The number of benzene rings is 2. The quantitative estimate of drug-likeness (QED) is 0.627. The molecule has 0 bridgehead atoms. The topological polar surface area (TPSA) is 72.5 Å². The first-order valence-electron chi connectivity index (χ1n) is 9.12. The van der Waals surface area contributed by atoms with E-state index >= 15 is 0 Å². The number of aromatic nitrogens is 1. The Morgan fingerprint density at radius 3 is 2.86 bits per heavy atom. The number of nitrogens with zero attached hydrogens (tertiary/aromatic N) is 1. The molecule has 0 saturated carbocycles. The van der Waals surface area contributed by atoms with Crippen molar-refractivity contribution in [3.63, 3.8) is 0 Å². The largest absolute Gasteiger partial charge is 0.493 e. The van der Waals surface area contributed by atoms with Crippen molar-refractivity contribution in [2.24, 2.45) is 0 Å². The third kappa shape index (κ3) is 3.75. The second-order valence-electron chi connectivity index (χ2n) is 6.55. The molecule has 4 rings (SSSR count). The van der Waals surface area contributed by atoms with E-state index in [0.717, 1.165) is 15.6 Å². The summed E-state index contributed by atoms with van der Waals surface area (Å²) in [4.78, 5) is 17.7. The zero-order chi connectivity index (χ0) is 20.4. The predicted molar refractivity (Wildman–Crippen MR) is 110 cm³/mol. The maximum absolute atomic E-state index is 14.0. The van der Waals surface area contributed by atoms with Crippen LogP contribution >= 0.6 is 11.3 Å². The van der Waals surface area contributed by atoms with Gasteiger partial charge in [0.05, 0.1) is 12.0 Å². The summed E-state index contributed by atoms with van der Waals surface area (Å²) in [6.07, 6.45) is 0.265. The molecule has 6 nitrogen and oxygen atoms in total. The summed E-state index contributed by atoms with van der Waals surface area (Å²) in [5.41, 5.74) is 1.25. The van der Waals surface area contributed by atoms with Gasteiger partial charge in [0.1, 0.15) is 18.2 Å². The van der Waals surface area contributed by atoms with Crippen molar-refractivity contribution in [1.82, 2.24) is 4.98 Å². The van der Waals surface area contributed by atoms with Gasteiger partial charge in [-0.2, -0.15) is 0 Å². The van der Waals surface area contributed by atoms with Crippen molar-refractivity contribution < 1.29 is 18.7 Å². The molecule has 150 valence electrons. The second-order valence-corrected chi connectivity index (χ2v) is 7.58. The SMILES string of the molecule is CNc1nc2c(s1)[C@@H](c1cccc(OC)c1OCc1ccccc1F)CC(=O)N2. The maximum atomic E-state index is 14.0. The van der Waals surface area contributed by atoms with Crippen molar-refractivity contribution in [3.05, 3.63) is 64.3 Å². The normalized spacial score (nSPS) is 15.4. The molecule has 3 aromatic rings. The van der Waals surface area contributed by atoms with Crippen LogP contribution in [-0.4, -0.2) is 25.0 Å². The zero-order valence-electron chi connectivity index (χ0n) is 16.0. The van der Waals surface area contributed by atoms with Crippen molar-refractivity contribution in [1.29, 1.82) is 0 Å². The molecule has 1 atom stereocenters. The van der Waals surface area contributed by atoms with Crippen LogP contribution in [0.4, 0.5) is 15.3 Å². The average molecular weight is 413 g/mol. The highest BCUT2D eigenvalue weighted by molar-refractivity contribution is 7.16. The van der Waals surface area contributed by atoms with Gasteiger partial charge >= 0.3 is 0 Å². The molecule has 0 saturated heterocycles. The van der Waals surface area contributed by atoms with Gasteiger partial charge in [-0.3, -0.25) is 4.79 Å². The van der Waals surface area contributed by atoms with Gasteiger partial charge in [0.2, 0.25) is 5.91 Å². The fourth-order valence-electron chi connectivity index (χ4n) is 3.36. The average Bonchev–Trinajstić information content (AvgIpc) is 3.15. The maximum Gasteiger partial charge on any atom is 0.226 e. The summed E-state index contributed by atoms with van der Waals surface area (Å²) in [5.74, 6) is 0.920. The Bertz CT molecular complexity index is 1050. The fourth-order valence-corrected chi connectivity index (χ4v) is 4.36. The van der Waals surface area contributed by atoms with E-state index in [1.807, 2.05) is 12.1 Å². The van der Waals surface area contributed by atoms with Crippen LogP contribution in [0.1, 0.15) is 28.3 Å². The summed E-state index contributed by atoms with van der Waals surface area (Å²) in [6.45, 7) is 0.0519. The van der Waals surface area contributed by atoms with Gasteiger partial charge in [-0.15, -0.1) is 0 Å². The standard InChI is InChI=1S/C21H20FN3O3S/c1-23-21-25-20-19(29-21)14(10-17(26)24-20)13-7-5-9-16(27-2)18(13)28-11-12-6-3-4-8-15(12)22/h3-9,14H,10-11H2,1-2H3,(H,23,25)(H,24,26)/t14-/m1/s1. The number of halogens is 1. The van der Waals surface area contributed by atoms with Gasteiger partial charge in [0.15, 0.2) is 16.6 Å². The molecular formula is C21H20FN3O3S. The lowest BCUT2D eigenvalue weighted by molar-refractivity contribution is -0.116. The highest BCUT2D eigenvalue weighted by Crippen LogP contribution is 2.47. The number of anilines is 2. The van der Waals surface area contributed by atoms with Crippen molar-refractivity contribution in [2.75, 3.05) is 24.8 Å². The zero-order valence-corrected chi connectivity index (χ0v) is 16.8. The van der Waals surface area contributed by atoms with E-state index < -0.39 is 0 Å². The van der Waals surface area contributed by atoms with Crippen LogP contribution in [-0.2, 0) is 11.4 Å². The van der Waals surface area contributed by atoms with E-state index in [9.17, 15) is 9.18 Å². The number of methoxy groups -OCH3 is 1. The summed E-state index contributed by atoms with van der Waals surface area (Å²) in [5, 5.41) is 6.57. The Labute approximate surface area is 171 Å². The Hall–Kier alpha value is -3.13. The van der Waals surface area contributed by atoms with E-state index in [-0.39, 0.29) is 30.7 Å². The molecule has 0 unspecified atom stereocenters. The molecule has 0 spiro atoms. The lowest BCUT2D eigenvalue weighted by Crippen LogP contribution is -2.23. The Morgan fingerprint density at radius 1 is 1.28 bits per heavy atom. The number of hydrogen-bond acceptors (Lipinski definition) is 6. The van der Waals surface area contributed by atoms with Gasteiger partial charge in [-0.25, -0.2) is 9.37 Å². The molecule has 0 radical (unpaired) electrons. The number of para-hydroxylation sites is 1. The van der Waals surface area contributed by atoms with Gasteiger partial charge < -0.3 is 20.1 Å². The van der Waals surface area contributed by atoms with Crippen LogP contribution < -0.4 is 20.1 Å². The molecule has 2 heterocycles. The van der Waals surface area contributed by atoms with Crippen LogP contribution in [0, 0.1) is 5.82 Å². The number of ether oxygens (including phenoxy) is 2. The van der Waals surface area contributed by atoms with Crippen LogP contribution in [0.15, 0.2) is 42.5 Å². The number of thiazole rings is 1. The smallest absolute Gasteiger partial charge is 0.226 e. The molecule has 0 aliphatic carbocycles. The highest BCUT2D eigenvalue weighted by Gasteiger charge is 2.33. The minimum atomic E-state index is -0.329. The number of carbonyl (C=O) groups is 1. The summed E-state index contributed by atoms with van der Waals surface area (Å²) >= 11 is 1.49. The van der Waals surface area contributed by atoms with Crippen LogP contribution in [0.5, 0.6) is 11.5 Å². The molecule has 1 amide bonds. The molecule has 2 N–H and O–H groups in total. The minimum Gasteiger partial charge on any atom is -0.493 e. The van der Waals surface area contributed by atoms with Crippen LogP contribution in [0.25, 0.3) is 0 Å². The Kier molecular flexibility index (Phi) is 5.35. The molecule has 29 heavy (non-hydrogen) atoms. The number of amides is 1. The molecule has 0 fully saturated rings. The number of rotatable bonds is 6. The van der Waals surface area contributed by atoms with E-state index in [2.05, 4.69) is 15.6 Å². The highest BCUT2D eigenvalue weighted by atomic mass is 32.1.